The molecule has 116 valence electrons. The van der Waals surface area contributed by atoms with Gasteiger partial charge in [-0.2, -0.15) is 0 Å². The Labute approximate surface area is 158 Å². The van der Waals surface area contributed by atoms with Gasteiger partial charge >= 0.3 is 23.9 Å². The van der Waals surface area contributed by atoms with E-state index in [2.05, 4.69) is 19.4 Å². The van der Waals surface area contributed by atoms with Gasteiger partial charge in [0.25, 0.3) is 0 Å². The van der Waals surface area contributed by atoms with Gasteiger partial charge in [0.2, 0.25) is 0 Å². The fourth-order valence-electron chi connectivity index (χ4n) is 0.957. The third-order valence-electron chi connectivity index (χ3n) is 1.39. The third-order valence-corrected chi connectivity index (χ3v) is 1.39. The molecule has 0 aliphatic heterocycles. The van der Waals surface area contributed by atoms with E-state index < -0.39 is 23.9 Å². The summed E-state index contributed by atoms with van der Waals surface area (Å²) in [5, 5.41) is 1.15. The number of hydrogen-bond donors (Lipinski definition) is 0. The van der Waals surface area contributed by atoms with Crippen LogP contribution in [-0.2, 0) is 38.5 Å². The molecule has 0 aromatic rings. The van der Waals surface area contributed by atoms with E-state index in [0.717, 1.165) is 27.7 Å². The van der Waals surface area contributed by atoms with Crippen LogP contribution in [0.5, 0.6) is 0 Å². The molecule has 0 atom stereocenters. The number of nitrogens with zero attached hydrogens (tertiary/aromatic N) is 2. The summed E-state index contributed by atoms with van der Waals surface area (Å²) in [4.78, 5) is 61.4. The molecule has 0 aliphatic rings. The average molecular weight is 380 g/mol. The second kappa shape index (κ2) is 11.9. The molecule has 0 aromatic carbocycles. The molecule has 0 aromatic heterocycles. The molecule has 0 amide bonds. The van der Waals surface area contributed by atoms with E-state index in [9.17, 15) is 19.2 Å². The Hall–Kier alpha value is -0.719. The SMILES string of the molecule is CC(=O)ON(CCN(OC(C)=O)OC(C)=O)OC(C)=O.[Sr]. The van der Waals surface area contributed by atoms with Crippen LogP contribution in [0.1, 0.15) is 27.7 Å². The van der Waals surface area contributed by atoms with Crippen molar-refractivity contribution in [1.29, 1.82) is 0 Å². The van der Waals surface area contributed by atoms with Crippen molar-refractivity contribution in [1.82, 2.24) is 10.5 Å². The second-order valence-electron chi connectivity index (χ2n) is 3.44. The van der Waals surface area contributed by atoms with Crippen molar-refractivity contribution in [3.05, 3.63) is 0 Å². The van der Waals surface area contributed by atoms with Crippen LogP contribution in [0.15, 0.2) is 0 Å². The van der Waals surface area contributed by atoms with Crippen LogP contribution in [0, 0.1) is 0 Å². The van der Waals surface area contributed by atoms with Crippen molar-refractivity contribution < 1.29 is 38.5 Å². The Morgan fingerprint density at radius 2 is 0.810 bits per heavy atom. The van der Waals surface area contributed by atoms with E-state index in [1.165, 1.54) is 0 Å². The molecular formula is C10H16N2O8Sr. The predicted octanol–water partition coefficient (Wildman–Crippen LogP) is -0.878. The Morgan fingerprint density at radius 3 is 0.952 bits per heavy atom. The summed E-state index contributed by atoms with van der Waals surface area (Å²) in [5.74, 6) is -2.90. The number of hydroxylamine groups is 4. The summed E-state index contributed by atoms with van der Waals surface area (Å²) in [6, 6.07) is 0. The van der Waals surface area contributed by atoms with Crippen LogP contribution in [0.2, 0.25) is 0 Å². The zero-order valence-corrected chi connectivity index (χ0v) is 15.8. The van der Waals surface area contributed by atoms with Crippen LogP contribution >= 0.6 is 0 Å². The van der Waals surface area contributed by atoms with Crippen molar-refractivity contribution >= 4 is 69.4 Å². The van der Waals surface area contributed by atoms with Gasteiger partial charge in [0, 0.05) is 83.6 Å². The molecule has 2 radical (unpaired) electrons. The van der Waals surface area contributed by atoms with E-state index in [-0.39, 0.29) is 58.6 Å². The maximum absolute atomic E-state index is 10.8. The fraction of sp³-hybridized carbons (Fsp3) is 0.600. The van der Waals surface area contributed by atoms with Crippen molar-refractivity contribution in [2.75, 3.05) is 13.1 Å². The summed E-state index contributed by atoms with van der Waals surface area (Å²) in [6.45, 7) is 3.97. The van der Waals surface area contributed by atoms with Crippen molar-refractivity contribution in [2.45, 2.75) is 27.7 Å². The van der Waals surface area contributed by atoms with Crippen LogP contribution in [-0.4, -0.2) is 92.9 Å². The molecule has 0 saturated heterocycles. The first kappa shape index (κ1) is 22.6. The topological polar surface area (TPSA) is 112 Å². The summed E-state index contributed by atoms with van der Waals surface area (Å²) >= 11 is 0. The van der Waals surface area contributed by atoms with E-state index >= 15 is 0 Å². The molecule has 0 heterocycles. The van der Waals surface area contributed by atoms with Gasteiger partial charge in [0.15, 0.2) is 0 Å². The monoisotopic (exact) mass is 380 g/mol. The molecule has 21 heavy (non-hydrogen) atoms. The van der Waals surface area contributed by atoms with Crippen LogP contribution in [0.25, 0.3) is 0 Å². The molecule has 0 unspecified atom stereocenters. The average Bonchev–Trinajstić information content (AvgIpc) is 2.22. The van der Waals surface area contributed by atoms with Crippen LogP contribution in [0.4, 0.5) is 0 Å². The number of carbonyl (C=O) groups is 4. The molecule has 0 bridgehead atoms. The van der Waals surface area contributed by atoms with Gasteiger partial charge in [0.05, 0.1) is 13.1 Å². The van der Waals surface area contributed by atoms with Crippen molar-refractivity contribution in [3.8, 4) is 0 Å². The van der Waals surface area contributed by atoms with Gasteiger partial charge in [0.1, 0.15) is 0 Å². The summed E-state index contributed by atoms with van der Waals surface area (Å²) < 4.78 is 0. The largest absolute Gasteiger partial charge is 0.333 e. The van der Waals surface area contributed by atoms with Gasteiger partial charge in [-0.15, -0.1) is 0 Å². The van der Waals surface area contributed by atoms with Crippen LogP contribution < -0.4 is 0 Å². The normalized spacial score (nSPS) is 9.62. The van der Waals surface area contributed by atoms with Crippen molar-refractivity contribution in [3.63, 3.8) is 0 Å². The first-order valence-electron chi connectivity index (χ1n) is 5.50. The third kappa shape index (κ3) is 14.0. The Kier molecular flexibility index (Phi) is 12.8. The smallest absolute Gasteiger partial charge is 0.326 e. The molecule has 0 saturated carbocycles. The molecule has 0 fully saturated rings. The fourth-order valence-corrected chi connectivity index (χ4v) is 0.957. The minimum absolute atomic E-state index is 0. The van der Waals surface area contributed by atoms with Crippen molar-refractivity contribution in [2.24, 2.45) is 0 Å². The van der Waals surface area contributed by atoms with E-state index in [1.54, 1.807) is 0 Å². The maximum atomic E-state index is 10.8. The molecule has 0 aliphatic carbocycles. The molecule has 0 N–H and O–H groups in total. The Balaban J connectivity index is 0. The molecule has 10 nitrogen and oxygen atoms in total. The Bertz CT molecular complexity index is 321. The standard InChI is InChI=1S/C10H16N2O8.Sr/c1-7(13)17-11(18-8(2)14)5-6-12(19-9(3)15)20-10(4)16;/h5-6H2,1-4H3;. The quantitative estimate of drug-likeness (QED) is 0.408. The van der Waals surface area contributed by atoms with Gasteiger partial charge in [-0.1, -0.05) is 0 Å². The van der Waals surface area contributed by atoms with Crippen LogP contribution in [0.3, 0.4) is 0 Å². The van der Waals surface area contributed by atoms with Gasteiger partial charge in [-0.05, 0) is 0 Å². The molecular weight excluding hydrogens is 364 g/mol. The summed E-state index contributed by atoms with van der Waals surface area (Å²) in [5.41, 5.74) is 0. The molecule has 0 spiro atoms. The number of rotatable bonds is 7. The minimum atomic E-state index is -0.724. The van der Waals surface area contributed by atoms with Gasteiger partial charge < -0.3 is 19.4 Å². The predicted molar refractivity (Wildman–Crippen MR) is 66.2 cm³/mol. The molecule has 0 rings (SSSR count). The summed E-state index contributed by atoms with van der Waals surface area (Å²) in [6.07, 6.45) is 0. The van der Waals surface area contributed by atoms with E-state index in [0.29, 0.717) is 10.5 Å². The first-order valence-corrected chi connectivity index (χ1v) is 5.50. The number of carbonyl (C=O) groups excluding carboxylic acids is 4. The summed E-state index contributed by atoms with van der Waals surface area (Å²) in [7, 11) is 0. The van der Waals surface area contributed by atoms with E-state index in [4.69, 9.17) is 0 Å². The maximum Gasteiger partial charge on any atom is 0.326 e. The van der Waals surface area contributed by atoms with Gasteiger partial charge in [-0.3, -0.25) is 19.2 Å². The van der Waals surface area contributed by atoms with E-state index in [1.807, 2.05) is 0 Å². The zero-order valence-electron chi connectivity index (χ0n) is 12.3. The Morgan fingerprint density at radius 1 is 0.619 bits per heavy atom. The van der Waals surface area contributed by atoms with Gasteiger partial charge in [-0.25, -0.2) is 0 Å². The minimum Gasteiger partial charge on any atom is -0.333 e. The zero-order chi connectivity index (χ0) is 15.7. The first-order chi connectivity index (χ1) is 9.20. The number of hydrogen-bond acceptors (Lipinski definition) is 10. The second-order valence-corrected chi connectivity index (χ2v) is 3.44. The molecule has 11 heteroatoms.